The highest BCUT2D eigenvalue weighted by Crippen LogP contribution is 2.46. The first-order chi connectivity index (χ1) is 24.1. The molecule has 4 N–H and O–H groups in total. The van der Waals surface area contributed by atoms with Crippen molar-refractivity contribution in [3.63, 3.8) is 0 Å². The first kappa shape index (κ1) is 38.7. The van der Waals surface area contributed by atoms with Crippen LogP contribution in [0.4, 0.5) is 5.82 Å². The highest BCUT2D eigenvalue weighted by Gasteiger charge is 2.47. The van der Waals surface area contributed by atoms with Crippen molar-refractivity contribution < 1.29 is 57.8 Å². The number of anilines is 1. The van der Waals surface area contributed by atoms with Crippen LogP contribution >= 0.6 is 19.2 Å². The van der Waals surface area contributed by atoms with E-state index in [1.165, 1.54) is 4.68 Å². The Labute approximate surface area is 294 Å². The van der Waals surface area contributed by atoms with Crippen molar-refractivity contribution in [2.45, 2.75) is 50.2 Å². The van der Waals surface area contributed by atoms with E-state index in [9.17, 15) is 14.8 Å². The molecule has 278 valence electrons. The molecule has 0 radical (unpaired) electrons. The number of aliphatic hydroxyl groups is 2. The summed E-state index contributed by atoms with van der Waals surface area (Å²) in [5.41, 5.74) is 1.45. The van der Waals surface area contributed by atoms with Crippen molar-refractivity contribution in [2.75, 3.05) is 90.4 Å². The summed E-state index contributed by atoms with van der Waals surface area (Å²) in [6.07, 6.45) is 4.40. The second-order valence-electron chi connectivity index (χ2n) is 12.3. The Morgan fingerprint density at radius 1 is 0.980 bits per heavy atom. The summed E-state index contributed by atoms with van der Waals surface area (Å²) in [6, 6.07) is 0. The zero-order valence-corrected chi connectivity index (χ0v) is 29.2. The minimum atomic E-state index is -4.41. The molecule has 0 amide bonds. The SMILES string of the molecule is C#CCOCCOCCOCCOCCON=C1CCC2(CC1)CN(c1nc(Cl)nc3c1cnn3[C@@H]1O[C@H](COCP(=O)(O)O)[C@@H](O)[C@H]1O)C2. The van der Waals surface area contributed by atoms with Crippen LogP contribution in [0.5, 0.6) is 0 Å². The van der Waals surface area contributed by atoms with E-state index in [1.807, 2.05) is 0 Å². The number of terminal acetylenes is 1. The van der Waals surface area contributed by atoms with Gasteiger partial charge in [-0.05, 0) is 37.3 Å². The summed E-state index contributed by atoms with van der Waals surface area (Å²) in [7, 11) is -4.41. The van der Waals surface area contributed by atoms with Gasteiger partial charge in [0, 0.05) is 18.5 Å². The third-order valence-corrected chi connectivity index (χ3v) is 9.27. The van der Waals surface area contributed by atoms with Crippen molar-refractivity contribution in [1.82, 2.24) is 19.7 Å². The molecular formula is C30H44ClN6O12P. The lowest BCUT2D eigenvalue weighted by molar-refractivity contribution is -0.0658. The van der Waals surface area contributed by atoms with Gasteiger partial charge in [-0.15, -0.1) is 6.42 Å². The maximum atomic E-state index is 11.1. The van der Waals surface area contributed by atoms with Crippen LogP contribution in [0.1, 0.15) is 31.9 Å². The Hall–Kier alpha value is -2.50. The molecular weight excluding hydrogens is 703 g/mol. The molecule has 0 bridgehead atoms. The molecule has 2 aromatic rings. The first-order valence-corrected chi connectivity index (χ1v) is 18.5. The van der Waals surface area contributed by atoms with E-state index in [0.29, 0.717) is 69.7 Å². The van der Waals surface area contributed by atoms with Gasteiger partial charge in [0.05, 0.1) is 70.1 Å². The summed E-state index contributed by atoms with van der Waals surface area (Å²) >= 11 is 6.33. The van der Waals surface area contributed by atoms with Gasteiger partial charge in [-0.2, -0.15) is 15.1 Å². The van der Waals surface area contributed by atoms with Crippen LogP contribution in [0, 0.1) is 17.8 Å². The molecule has 1 spiro atoms. The van der Waals surface area contributed by atoms with E-state index in [0.717, 1.165) is 44.5 Å². The summed E-state index contributed by atoms with van der Waals surface area (Å²) in [4.78, 5) is 34.4. The predicted molar refractivity (Wildman–Crippen MR) is 178 cm³/mol. The monoisotopic (exact) mass is 746 g/mol. The van der Waals surface area contributed by atoms with E-state index < -0.39 is 38.5 Å². The second kappa shape index (κ2) is 18.3. The molecule has 2 aromatic heterocycles. The summed E-state index contributed by atoms with van der Waals surface area (Å²) < 4.78 is 44.6. The molecule has 2 aliphatic heterocycles. The number of hydrogen-bond acceptors (Lipinski definition) is 15. The van der Waals surface area contributed by atoms with Crippen molar-refractivity contribution in [2.24, 2.45) is 10.6 Å². The molecule has 4 atom stereocenters. The third kappa shape index (κ3) is 10.5. The van der Waals surface area contributed by atoms with Gasteiger partial charge < -0.3 is 58.2 Å². The summed E-state index contributed by atoms with van der Waals surface area (Å²) in [5, 5.41) is 30.5. The topological polar surface area (TPSA) is 222 Å². The standard InChI is InChI=1S/C30H44ClN6O12P/c1-2-7-43-8-9-44-10-11-45-12-13-46-14-15-48-35-21-3-5-30(6-4-21)18-36(19-30)26-22-16-32-37(27(22)34-29(31)33-26)28-25(39)24(38)23(49-28)17-47-20-50(40,41)42/h1,16,23-25,28,38-39H,3-15,17-20H2,(H2,40,41,42)/t23-,24-,25-,28-/m1/s1. The maximum absolute atomic E-state index is 11.1. The van der Waals surface area contributed by atoms with Gasteiger partial charge in [0.25, 0.3) is 0 Å². The largest absolute Gasteiger partial charge is 0.393 e. The van der Waals surface area contributed by atoms with Crippen LogP contribution in [-0.2, 0) is 37.8 Å². The molecule has 0 aromatic carbocycles. The van der Waals surface area contributed by atoms with Crippen LogP contribution in [0.2, 0.25) is 5.28 Å². The Bertz CT molecular complexity index is 1500. The fraction of sp³-hybridized carbons (Fsp3) is 0.733. The average Bonchev–Trinajstić information content (AvgIpc) is 3.61. The lowest BCUT2D eigenvalue weighted by Gasteiger charge is -2.53. The van der Waals surface area contributed by atoms with E-state index in [1.54, 1.807) is 6.20 Å². The molecule has 0 unspecified atom stereocenters. The number of fused-ring (bicyclic) bond motifs is 1. The third-order valence-electron chi connectivity index (χ3n) is 8.58. The lowest BCUT2D eigenvalue weighted by atomic mass is 9.68. The quantitative estimate of drug-likeness (QED) is 0.0482. The Balaban J connectivity index is 1.01. The number of aliphatic hydroxyl groups excluding tert-OH is 2. The summed E-state index contributed by atoms with van der Waals surface area (Å²) in [6.45, 7) is 5.04. The average molecular weight is 747 g/mol. The van der Waals surface area contributed by atoms with Crippen LogP contribution in [0.3, 0.4) is 0 Å². The highest BCUT2D eigenvalue weighted by atomic mass is 35.5. The van der Waals surface area contributed by atoms with Gasteiger partial charge in [0.15, 0.2) is 11.9 Å². The number of hydrogen-bond donors (Lipinski definition) is 4. The molecule has 1 aliphatic carbocycles. The molecule has 3 fully saturated rings. The number of ether oxygens (including phenoxy) is 6. The van der Waals surface area contributed by atoms with Gasteiger partial charge in [-0.25, -0.2) is 4.68 Å². The zero-order valence-electron chi connectivity index (χ0n) is 27.5. The van der Waals surface area contributed by atoms with E-state index >= 15 is 0 Å². The van der Waals surface area contributed by atoms with Gasteiger partial charge >= 0.3 is 7.60 Å². The van der Waals surface area contributed by atoms with Crippen molar-refractivity contribution >= 4 is 41.8 Å². The maximum Gasteiger partial charge on any atom is 0.350 e. The molecule has 2 saturated heterocycles. The molecule has 50 heavy (non-hydrogen) atoms. The zero-order chi connectivity index (χ0) is 35.6. The number of oxime groups is 1. The molecule has 3 aliphatic rings. The van der Waals surface area contributed by atoms with Gasteiger partial charge in [-0.3, -0.25) is 4.57 Å². The highest BCUT2D eigenvalue weighted by molar-refractivity contribution is 7.51. The van der Waals surface area contributed by atoms with E-state index in [2.05, 4.69) is 31.0 Å². The molecule has 1 saturated carbocycles. The van der Waals surface area contributed by atoms with Gasteiger partial charge in [0.2, 0.25) is 5.28 Å². The Morgan fingerprint density at radius 2 is 1.62 bits per heavy atom. The van der Waals surface area contributed by atoms with Crippen LogP contribution in [0.15, 0.2) is 11.4 Å². The van der Waals surface area contributed by atoms with Gasteiger partial charge in [0.1, 0.15) is 43.7 Å². The second-order valence-corrected chi connectivity index (χ2v) is 14.2. The first-order valence-electron chi connectivity index (χ1n) is 16.3. The van der Waals surface area contributed by atoms with E-state index in [-0.39, 0.29) is 23.9 Å². The number of halogens is 1. The van der Waals surface area contributed by atoms with Crippen molar-refractivity contribution in [3.8, 4) is 12.3 Å². The number of aromatic nitrogens is 4. The molecule has 18 nitrogen and oxygen atoms in total. The van der Waals surface area contributed by atoms with Crippen LogP contribution in [0.25, 0.3) is 11.0 Å². The van der Waals surface area contributed by atoms with E-state index in [4.69, 9.17) is 61.1 Å². The van der Waals surface area contributed by atoms with Crippen molar-refractivity contribution in [3.05, 3.63) is 11.5 Å². The predicted octanol–water partition coefficient (Wildman–Crippen LogP) is 0.703. The fourth-order valence-electron chi connectivity index (χ4n) is 6.08. The molecule has 20 heteroatoms. The number of rotatable bonds is 20. The smallest absolute Gasteiger partial charge is 0.350 e. The van der Waals surface area contributed by atoms with Crippen LogP contribution < -0.4 is 4.90 Å². The normalized spacial score (nSPS) is 23.4. The minimum Gasteiger partial charge on any atom is -0.393 e. The Morgan fingerprint density at radius 3 is 2.26 bits per heavy atom. The molecule has 4 heterocycles. The lowest BCUT2D eigenvalue weighted by Crippen LogP contribution is -2.58. The van der Waals surface area contributed by atoms with Gasteiger partial charge in [-0.1, -0.05) is 11.1 Å². The summed E-state index contributed by atoms with van der Waals surface area (Å²) in [5.74, 6) is 3.00. The fourth-order valence-corrected chi connectivity index (χ4v) is 6.59. The number of nitrogens with zero attached hydrogens (tertiary/aromatic N) is 6. The minimum absolute atomic E-state index is 0.0134. The molecule has 5 rings (SSSR count). The van der Waals surface area contributed by atoms with Crippen molar-refractivity contribution in [1.29, 1.82) is 0 Å². The Kier molecular flexibility index (Phi) is 14.2. The van der Waals surface area contributed by atoms with Crippen LogP contribution in [-0.4, -0.2) is 149 Å².